The summed E-state index contributed by atoms with van der Waals surface area (Å²) in [6.07, 6.45) is 10.5. The Balaban J connectivity index is 1.00. The Labute approximate surface area is 246 Å². The van der Waals surface area contributed by atoms with Gasteiger partial charge in [-0.3, -0.25) is 9.69 Å². The van der Waals surface area contributed by atoms with Crippen LogP contribution >= 0.6 is 0 Å². The van der Waals surface area contributed by atoms with Crippen molar-refractivity contribution in [1.29, 1.82) is 0 Å². The van der Waals surface area contributed by atoms with E-state index in [-0.39, 0.29) is 18.0 Å². The molecule has 1 saturated heterocycles. The van der Waals surface area contributed by atoms with Gasteiger partial charge in [-0.1, -0.05) is 30.3 Å². The summed E-state index contributed by atoms with van der Waals surface area (Å²) in [5, 5.41) is 3.27. The van der Waals surface area contributed by atoms with E-state index in [9.17, 15) is 4.79 Å². The number of aryl methyl sites for hydroxylation is 1. The second-order valence-electron chi connectivity index (χ2n) is 11.3. The Morgan fingerprint density at radius 3 is 2.33 bits per heavy atom. The first kappa shape index (κ1) is 27.9. The summed E-state index contributed by atoms with van der Waals surface area (Å²) in [4.78, 5) is 37.6. The van der Waals surface area contributed by atoms with Crippen molar-refractivity contribution in [3.05, 3.63) is 89.6 Å². The molecule has 0 bridgehead atoms. The fourth-order valence-electron chi connectivity index (χ4n) is 5.70. The molecular formula is C33H37N7O2. The lowest BCUT2D eigenvalue weighted by Gasteiger charge is -2.31. The summed E-state index contributed by atoms with van der Waals surface area (Å²) in [5.74, 6) is 2.68. The molecule has 3 aromatic heterocycles. The number of carbonyl (C=O) groups excluding carboxylic acids is 1. The molecule has 4 heterocycles. The molecule has 1 N–H and O–H groups in total. The van der Waals surface area contributed by atoms with Crippen molar-refractivity contribution in [3.63, 3.8) is 0 Å². The van der Waals surface area contributed by atoms with Crippen LogP contribution in [0.5, 0.6) is 0 Å². The van der Waals surface area contributed by atoms with Gasteiger partial charge in [0.25, 0.3) is 0 Å². The quantitative estimate of drug-likeness (QED) is 0.258. The first-order chi connectivity index (χ1) is 20.6. The van der Waals surface area contributed by atoms with Gasteiger partial charge in [0, 0.05) is 31.1 Å². The van der Waals surface area contributed by atoms with E-state index in [4.69, 9.17) is 9.72 Å². The topological polar surface area (TPSA) is 106 Å². The SMILES string of the molecule is Cc1cccc(-c2nccc(Nc3ccnc(Cc4ccc(CN5CCC(C(=O)OC6CCCC6)CC5)cc4)n3)n2)n1. The highest BCUT2D eigenvalue weighted by Gasteiger charge is 2.29. The third-order valence-corrected chi connectivity index (χ3v) is 8.03. The maximum Gasteiger partial charge on any atom is 0.309 e. The highest BCUT2D eigenvalue weighted by Crippen LogP contribution is 2.26. The van der Waals surface area contributed by atoms with Gasteiger partial charge >= 0.3 is 5.97 Å². The third kappa shape index (κ3) is 7.33. The average Bonchev–Trinajstić information content (AvgIpc) is 3.52. The monoisotopic (exact) mass is 563 g/mol. The number of carbonyl (C=O) groups is 1. The van der Waals surface area contributed by atoms with Crippen LogP contribution in [0.3, 0.4) is 0 Å². The summed E-state index contributed by atoms with van der Waals surface area (Å²) in [5.41, 5.74) is 4.07. The molecule has 1 aliphatic heterocycles. The lowest BCUT2D eigenvalue weighted by atomic mass is 9.96. The van der Waals surface area contributed by atoms with Crippen LogP contribution in [0.25, 0.3) is 11.5 Å². The summed E-state index contributed by atoms with van der Waals surface area (Å²) < 4.78 is 5.75. The maximum atomic E-state index is 12.5. The largest absolute Gasteiger partial charge is 0.462 e. The van der Waals surface area contributed by atoms with E-state index in [2.05, 4.69) is 54.4 Å². The Hall–Kier alpha value is -4.24. The number of likely N-dealkylation sites (tertiary alicyclic amines) is 1. The van der Waals surface area contributed by atoms with Crippen molar-refractivity contribution in [2.75, 3.05) is 18.4 Å². The molecule has 2 fully saturated rings. The predicted octanol–water partition coefficient (Wildman–Crippen LogP) is 5.67. The average molecular weight is 564 g/mol. The van der Waals surface area contributed by atoms with Crippen LogP contribution in [0.15, 0.2) is 67.0 Å². The van der Waals surface area contributed by atoms with E-state index in [0.29, 0.717) is 23.9 Å². The molecule has 216 valence electrons. The number of pyridine rings is 1. The second-order valence-corrected chi connectivity index (χ2v) is 11.3. The molecule has 0 atom stereocenters. The highest BCUT2D eigenvalue weighted by molar-refractivity contribution is 5.72. The van der Waals surface area contributed by atoms with Gasteiger partial charge in [-0.05, 0) is 93.9 Å². The van der Waals surface area contributed by atoms with Crippen molar-refractivity contribution in [3.8, 4) is 11.5 Å². The number of hydrogen-bond acceptors (Lipinski definition) is 9. The van der Waals surface area contributed by atoms with E-state index >= 15 is 0 Å². The normalized spacial score (nSPS) is 16.4. The molecule has 0 unspecified atom stereocenters. The summed E-state index contributed by atoms with van der Waals surface area (Å²) >= 11 is 0. The molecule has 1 aliphatic carbocycles. The molecule has 1 aromatic carbocycles. The van der Waals surface area contributed by atoms with E-state index in [1.54, 1.807) is 12.4 Å². The number of hydrogen-bond donors (Lipinski definition) is 1. The van der Waals surface area contributed by atoms with Gasteiger partial charge in [-0.15, -0.1) is 0 Å². The van der Waals surface area contributed by atoms with E-state index in [0.717, 1.165) is 68.1 Å². The summed E-state index contributed by atoms with van der Waals surface area (Å²) in [6.45, 7) is 4.69. The lowest BCUT2D eigenvalue weighted by Crippen LogP contribution is -2.37. The van der Waals surface area contributed by atoms with Crippen LogP contribution in [-0.2, 0) is 22.5 Å². The standard InChI is InChI=1S/C33H37N7O2/c1-23-5-4-8-28(36-23)32-35-18-14-30(39-32)37-29-13-17-34-31(38-29)21-24-9-11-25(12-10-24)22-40-19-15-26(16-20-40)33(41)42-27-6-2-3-7-27/h4-5,8-14,17-18,26-27H,2-3,6-7,15-16,19-22H2,1H3,(H,34,35,37,38,39). The van der Waals surface area contributed by atoms with Gasteiger partial charge in [-0.25, -0.2) is 24.9 Å². The number of rotatable bonds is 9. The zero-order chi connectivity index (χ0) is 28.7. The van der Waals surface area contributed by atoms with Gasteiger partial charge in [0.2, 0.25) is 0 Å². The second kappa shape index (κ2) is 13.2. The fourth-order valence-corrected chi connectivity index (χ4v) is 5.70. The van der Waals surface area contributed by atoms with Crippen LogP contribution < -0.4 is 5.32 Å². The molecule has 4 aromatic rings. The Morgan fingerprint density at radius 1 is 0.857 bits per heavy atom. The van der Waals surface area contributed by atoms with E-state index in [1.807, 2.05) is 37.3 Å². The number of piperidine rings is 1. The number of ether oxygens (including phenoxy) is 1. The van der Waals surface area contributed by atoms with Crippen molar-refractivity contribution in [2.45, 2.75) is 64.5 Å². The zero-order valence-corrected chi connectivity index (χ0v) is 24.1. The van der Waals surface area contributed by atoms with E-state index < -0.39 is 0 Å². The van der Waals surface area contributed by atoms with Gasteiger partial charge in [0.05, 0.1) is 5.92 Å². The van der Waals surface area contributed by atoms with Gasteiger partial charge < -0.3 is 10.1 Å². The molecule has 42 heavy (non-hydrogen) atoms. The minimum absolute atomic E-state index is 0.0220. The molecule has 6 rings (SSSR count). The van der Waals surface area contributed by atoms with Crippen molar-refractivity contribution < 1.29 is 9.53 Å². The fraction of sp³-hybridized carbons (Fsp3) is 0.394. The minimum Gasteiger partial charge on any atom is -0.462 e. The summed E-state index contributed by atoms with van der Waals surface area (Å²) in [6, 6.07) is 18.1. The van der Waals surface area contributed by atoms with Crippen molar-refractivity contribution in [2.24, 2.45) is 5.92 Å². The zero-order valence-electron chi connectivity index (χ0n) is 24.1. The van der Waals surface area contributed by atoms with Crippen LogP contribution in [0.1, 0.15) is 61.2 Å². The van der Waals surface area contributed by atoms with E-state index in [1.165, 1.54) is 18.4 Å². The summed E-state index contributed by atoms with van der Waals surface area (Å²) in [7, 11) is 0. The number of esters is 1. The first-order valence-electron chi connectivity index (χ1n) is 14.9. The Bertz CT molecular complexity index is 1500. The highest BCUT2D eigenvalue weighted by atomic mass is 16.5. The molecule has 0 spiro atoms. The minimum atomic E-state index is 0.0220. The Morgan fingerprint density at radius 2 is 1.57 bits per heavy atom. The lowest BCUT2D eigenvalue weighted by molar-refractivity contribution is -0.155. The van der Waals surface area contributed by atoms with Crippen LogP contribution in [0, 0.1) is 12.8 Å². The van der Waals surface area contributed by atoms with Crippen molar-refractivity contribution in [1.82, 2.24) is 29.8 Å². The first-order valence-corrected chi connectivity index (χ1v) is 14.9. The maximum absolute atomic E-state index is 12.5. The van der Waals surface area contributed by atoms with Crippen molar-refractivity contribution >= 4 is 17.6 Å². The number of aromatic nitrogens is 5. The molecular weight excluding hydrogens is 526 g/mol. The van der Waals surface area contributed by atoms with Crippen LogP contribution in [-0.4, -0.2) is 55.0 Å². The molecule has 1 saturated carbocycles. The van der Waals surface area contributed by atoms with Gasteiger partial charge in [0.1, 0.15) is 29.3 Å². The molecule has 9 heteroatoms. The molecule has 2 aliphatic rings. The number of anilines is 2. The Kier molecular flexibility index (Phi) is 8.75. The smallest absolute Gasteiger partial charge is 0.309 e. The molecule has 0 radical (unpaired) electrons. The van der Waals surface area contributed by atoms with Crippen LogP contribution in [0.2, 0.25) is 0 Å². The number of benzene rings is 1. The van der Waals surface area contributed by atoms with Gasteiger partial charge in [0.15, 0.2) is 5.82 Å². The number of nitrogens with one attached hydrogen (secondary N) is 1. The predicted molar refractivity (Wildman–Crippen MR) is 161 cm³/mol. The number of nitrogens with zero attached hydrogens (tertiary/aromatic N) is 6. The molecule has 0 amide bonds. The van der Waals surface area contributed by atoms with Crippen LogP contribution in [0.4, 0.5) is 11.6 Å². The third-order valence-electron chi connectivity index (χ3n) is 8.03. The van der Waals surface area contributed by atoms with Gasteiger partial charge in [-0.2, -0.15) is 0 Å². The molecule has 9 nitrogen and oxygen atoms in total.